The number of imidazole rings is 1. The summed E-state index contributed by atoms with van der Waals surface area (Å²) < 4.78 is 1.77. The summed E-state index contributed by atoms with van der Waals surface area (Å²) in [6.07, 6.45) is 3.13. The number of nitrogens with one attached hydrogen (secondary N) is 2. The number of aliphatic hydroxyl groups is 2. The Kier molecular flexibility index (Phi) is 6.99. The molecule has 10 heteroatoms. The summed E-state index contributed by atoms with van der Waals surface area (Å²) in [5, 5.41) is 30.2. The number of amides is 1. The molecular formula is C22H28ClN5O3S. The van der Waals surface area contributed by atoms with Crippen LogP contribution >= 0.6 is 22.9 Å². The number of fused-ring (bicyclic) bond motifs is 1. The molecular weight excluding hydrogens is 450 g/mol. The molecule has 1 amide bonds. The Morgan fingerprint density at radius 3 is 2.81 bits per heavy atom. The van der Waals surface area contributed by atoms with Gasteiger partial charge in [-0.2, -0.15) is 0 Å². The maximum Gasteiger partial charge on any atom is 0.225 e. The Morgan fingerprint density at radius 1 is 1.31 bits per heavy atom. The van der Waals surface area contributed by atoms with Crippen LogP contribution in [-0.4, -0.2) is 55.4 Å². The summed E-state index contributed by atoms with van der Waals surface area (Å²) in [4.78, 5) is 22.5. The van der Waals surface area contributed by atoms with Gasteiger partial charge in [0.1, 0.15) is 11.6 Å². The van der Waals surface area contributed by atoms with E-state index in [0.29, 0.717) is 24.1 Å². The lowest BCUT2D eigenvalue weighted by Gasteiger charge is -2.19. The van der Waals surface area contributed by atoms with E-state index in [0.717, 1.165) is 28.4 Å². The van der Waals surface area contributed by atoms with Crippen molar-refractivity contribution in [1.29, 1.82) is 0 Å². The van der Waals surface area contributed by atoms with Crippen LogP contribution in [0.15, 0.2) is 30.0 Å². The average Bonchev–Trinajstić information content (AvgIpc) is 3.47. The SMILES string of the molecule is CCNC(=O)[C@H]1C[C@@H](n2cnc3c(NC(CC)Cc4sccc4Cl)ccnc32)[C@H](O)[C@@H]1O. The number of carbonyl (C=O) groups is 1. The summed E-state index contributed by atoms with van der Waals surface area (Å²) >= 11 is 7.92. The molecule has 4 N–H and O–H groups in total. The molecule has 0 aromatic carbocycles. The van der Waals surface area contributed by atoms with Gasteiger partial charge in [0.05, 0.1) is 35.1 Å². The highest BCUT2D eigenvalue weighted by Crippen LogP contribution is 2.37. The largest absolute Gasteiger partial charge is 0.390 e. The van der Waals surface area contributed by atoms with Crippen LogP contribution in [0.2, 0.25) is 5.02 Å². The second-order valence-electron chi connectivity index (χ2n) is 8.11. The molecule has 0 aliphatic heterocycles. The van der Waals surface area contributed by atoms with Crippen molar-refractivity contribution in [1.82, 2.24) is 19.9 Å². The van der Waals surface area contributed by atoms with Gasteiger partial charge in [-0.3, -0.25) is 4.79 Å². The summed E-state index contributed by atoms with van der Waals surface area (Å²) in [7, 11) is 0. The number of aliphatic hydroxyl groups excluding tert-OH is 2. The van der Waals surface area contributed by atoms with Crippen molar-refractivity contribution in [3.8, 4) is 0 Å². The lowest BCUT2D eigenvalue weighted by Crippen LogP contribution is -2.38. The number of carbonyl (C=O) groups excluding carboxylic acids is 1. The minimum atomic E-state index is -1.13. The summed E-state index contributed by atoms with van der Waals surface area (Å²) in [6, 6.07) is 3.48. The van der Waals surface area contributed by atoms with Crippen LogP contribution in [0.1, 0.15) is 37.6 Å². The molecule has 0 saturated heterocycles. The summed E-state index contributed by atoms with van der Waals surface area (Å²) in [6.45, 7) is 4.42. The summed E-state index contributed by atoms with van der Waals surface area (Å²) in [5.74, 6) is -0.923. The Morgan fingerprint density at radius 2 is 2.12 bits per heavy atom. The fraction of sp³-hybridized carbons (Fsp3) is 0.500. The fourth-order valence-corrected chi connectivity index (χ4v) is 5.55. The molecule has 0 spiro atoms. The number of thiophene rings is 1. The number of hydrogen-bond donors (Lipinski definition) is 4. The standard InChI is InChI=1S/C22H28ClN5O3S/c1-3-12(9-17-14(23)6-8-32-17)27-15-5-7-25-21-18(15)26-11-28(21)16-10-13(19(29)20(16)30)22(31)24-4-2/h5-8,11-13,16,19-20,29-30H,3-4,9-10H2,1-2H3,(H,24,31)(H,25,27)/t12?,13-,16+,19+,20-/m0/s1. The molecule has 172 valence electrons. The first kappa shape index (κ1) is 23.0. The third kappa shape index (κ3) is 4.34. The van der Waals surface area contributed by atoms with Gasteiger partial charge in [-0.1, -0.05) is 18.5 Å². The van der Waals surface area contributed by atoms with Gasteiger partial charge >= 0.3 is 0 Å². The minimum Gasteiger partial charge on any atom is -0.390 e. The number of pyridine rings is 1. The van der Waals surface area contributed by atoms with E-state index in [1.165, 1.54) is 0 Å². The maximum atomic E-state index is 12.3. The van der Waals surface area contributed by atoms with E-state index >= 15 is 0 Å². The van der Waals surface area contributed by atoms with Crippen LogP contribution in [0.3, 0.4) is 0 Å². The highest BCUT2D eigenvalue weighted by atomic mass is 35.5. The number of halogens is 1. The van der Waals surface area contributed by atoms with E-state index in [-0.39, 0.29) is 11.9 Å². The van der Waals surface area contributed by atoms with Crippen LogP contribution in [0.5, 0.6) is 0 Å². The second-order valence-corrected chi connectivity index (χ2v) is 9.52. The third-order valence-electron chi connectivity index (χ3n) is 6.13. The van der Waals surface area contributed by atoms with E-state index in [1.807, 2.05) is 24.4 Å². The van der Waals surface area contributed by atoms with Crippen molar-refractivity contribution in [2.45, 2.75) is 57.4 Å². The van der Waals surface area contributed by atoms with E-state index in [9.17, 15) is 15.0 Å². The van der Waals surface area contributed by atoms with Gasteiger partial charge in [0, 0.05) is 30.1 Å². The molecule has 1 saturated carbocycles. The van der Waals surface area contributed by atoms with E-state index < -0.39 is 24.2 Å². The zero-order valence-electron chi connectivity index (χ0n) is 18.0. The Bertz CT molecular complexity index is 1090. The monoisotopic (exact) mass is 477 g/mol. The predicted molar refractivity (Wildman–Crippen MR) is 126 cm³/mol. The van der Waals surface area contributed by atoms with E-state index in [4.69, 9.17) is 11.6 Å². The van der Waals surface area contributed by atoms with Gasteiger partial charge in [0.2, 0.25) is 5.91 Å². The van der Waals surface area contributed by atoms with Crippen LogP contribution in [0, 0.1) is 5.92 Å². The van der Waals surface area contributed by atoms with Crippen molar-refractivity contribution >= 4 is 45.7 Å². The molecule has 1 aliphatic rings. The fourth-order valence-electron chi connectivity index (χ4n) is 4.36. The van der Waals surface area contributed by atoms with Crippen LogP contribution in [0.25, 0.3) is 11.2 Å². The first-order valence-corrected chi connectivity index (χ1v) is 12.1. The highest BCUT2D eigenvalue weighted by Gasteiger charge is 2.46. The molecule has 1 aliphatic carbocycles. The van der Waals surface area contributed by atoms with Gasteiger partial charge in [0.25, 0.3) is 0 Å². The first-order chi connectivity index (χ1) is 15.4. The van der Waals surface area contributed by atoms with Crippen molar-refractivity contribution in [3.05, 3.63) is 39.9 Å². The number of aromatic nitrogens is 3. The molecule has 3 heterocycles. The van der Waals surface area contributed by atoms with Crippen LogP contribution < -0.4 is 10.6 Å². The Labute approximate surface area is 195 Å². The zero-order valence-corrected chi connectivity index (χ0v) is 19.6. The second kappa shape index (κ2) is 9.74. The van der Waals surface area contributed by atoms with E-state index in [1.54, 1.807) is 28.4 Å². The van der Waals surface area contributed by atoms with E-state index in [2.05, 4.69) is 27.5 Å². The van der Waals surface area contributed by atoms with Gasteiger partial charge in [-0.15, -0.1) is 11.3 Å². The van der Waals surface area contributed by atoms with Crippen LogP contribution in [0.4, 0.5) is 5.69 Å². The molecule has 5 atom stereocenters. The summed E-state index contributed by atoms with van der Waals surface area (Å²) in [5.41, 5.74) is 2.14. The number of hydrogen-bond acceptors (Lipinski definition) is 7. The topological polar surface area (TPSA) is 112 Å². The molecule has 3 aromatic rings. The third-order valence-corrected chi connectivity index (χ3v) is 7.54. The Hall–Kier alpha value is -2.20. The molecule has 3 aromatic heterocycles. The molecule has 0 bridgehead atoms. The number of nitrogens with zero attached hydrogens (tertiary/aromatic N) is 3. The normalized spacial score (nSPS) is 24.0. The average molecular weight is 478 g/mol. The first-order valence-electron chi connectivity index (χ1n) is 10.9. The van der Waals surface area contributed by atoms with Gasteiger partial charge in [0.15, 0.2) is 5.65 Å². The molecule has 8 nitrogen and oxygen atoms in total. The van der Waals surface area contributed by atoms with Gasteiger partial charge < -0.3 is 25.4 Å². The van der Waals surface area contributed by atoms with Gasteiger partial charge in [-0.05, 0) is 37.3 Å². The predicted octanol–water partition coefficient (Wildman–Crippen LogP) is 3.00. The maximum absolute atomic E-state index is 12.3. The smallest absolute Gasteiger partial charge is 0.225 e. The zero-order chi connectivity index (χ0) is 22.8. The van der Waals surface area contributed by atoms with Gasteiger partial charge in [-0.25, -0.2) is 9.97 Å². The quantitative estimate of drug-likeness (QED) is 0.397. The minimum absolute atomic E-state index is 0.169. The number of rotatable bonds is 8. The molecule has 1 fully saturated rings. The Balaban J connectivity index is 1.58. The van der Waals surface area contributed by atoms with Crippen LogP contribution in [-0.2, 0) is 11.2 Å². The van der Waals surface area contributed by atoms with Crippen molar-refractivity contribution in [2.75, 3.05) is 11.9 Å². The lowest BCUT2D eigenvalue weighted by molar-refractivity contribution is -0.128. The highest BCUT2D eigenvalue weighted by molar-refractivity contribution is 7.10. The lowest BCUT2D eigenvalue weighted by atomic mass is 10.0. The molecule has 0 radical (unpaired) electrons. The number of anilines is 1. The van der Waals surface area contributed by atoms with Crippen molar-refractivity contribution in [2.24, 2.45) is 5.92 Å². The van der Waals surface area contributed by atoms with Crippen molar-refractivity contribution < 1.29 is 15.0 Å². The molecule has 1 unspecified atom stereocenters. The molecule has 32 heavy (non-hydrogen) atoms. The molecule has 4 rings (SSSR count). The van der Waals surface area contributed by atoms with Crippen molar-refractivity contribution in [3.63, 3.8) is 0 Å².